The molecule has 3 heteroatoms. The largest absolute Gasteiger partial charge is 0.366 e. The summed E-state index contributed by atoms with van der Waals surface area (Å²) in [6.07, 6.45) is 7.68. The summed E-state index contributed by atoms with van der Waals surface area (Å²) in [5.41, 5.74) is 7.79. The fraction of sp³-hybridized carbons (Fsp3) is 0.647. The summed E-state index contributed by atoms with van der Waals surface area (Å²) in [7, 11) is 0. The summed E-state index contributed by atoms with van der Waals surface area (Å²) < 4.78 is 14.4. The maximum Gasteiger partial charge on any atom is 0.146 e. The summed E-state index contributed by atoms with van der Waals surface area (Å²) in [5.74, 6) is 0.641. The minimum atomic E-state index is -0.120. The first-order valence-corrected chi connectivity index (χ1v) is 7.99. The lowest BCUT2D eigenvalue weighted by Gasteiger charge is -2.33. The molecule has 2 fully saturated rings. The second-order valence-electron chi connectivity index (χ2n) is 6.41. The second-order valence-corrected chi connectivity index (χ2v) is 6.41. The predicted octanol–water partition coefficient (Wildman–Crippen LogP) is 4.00. The third kappa shape index (κ3) is 2.44. The van der Waals surface area contributed by atoms with Crippen LogP contribution in [0.1, 0.15) is 57.1 Å². The van der Waals surface area contributed by atoms with Gasteiger partial charge >= 0.3 is 0 Å². The van der Waals surface area contributed by atoms with Crippen LogP contribution in [0.2, 0.25) is 0 Å². The smallest absolute Gasteiger partial charge is 0.146 e. The van der Waals surface area contributed by atoms with Crippen LogP contribution in [-0.4, -0.2) is 12.6 Å². The first-order chi connectivity index (χ1) is 9.68. The van der Waals surface area contributed by atoms with E-state index in [-0.39, 0.29) is 11.9 Å². The van der Waals surface area contributed by atoms with E-state index in [1.165, 1.54) is 38.5 Å². The van der Waals surface area contributed by atoms with Gasteiger partial charge in [0, 0.05) is 18.6 Å². The number of halogens is 1. The van der Waals surface area contributed by atoms with Gasteiger partial charge in [0.05, 0.1) is 5.69 Å². The molecule has 20 heavy (non-hydrogen) atoms. The molecule has 3 rings (SSSR count). The van der Waals surface area contributed by atoms with E-state index in [0.29, 0.717) is 6.04 Å². The van der Waals surface area contributed by atoms with E-state index in [1.807, 2.05) is 13.0 Å². The number of hydrogen-bond donors (Lipinski definition) is 1. The molecule has 0 spiro atoms. The fourth-order valence-corrected chi connectivity index (χ4v) is 4.10. The molecule has 1 aliphatic heterocycles. The lowest BCUT2D eigenvalue weighted by Crippen LogP contribution is -2.36. The summed E-state index contributed by atoms with van der Waals surface area (Å²) >= 11 is 0. The zero-order chi connectivity index (χ0) is 14.1. The molecule has 1 heterocycles. The molecule has 1 aromatic carbocycles. The molecular formula is C17H25FN2. The topological polar surface area (TPSA) is 29.3 Å². The zero-order valence-electron chi connectivity index (χ0n) is 12.3. The van der Waals surface area contributed by atoms with Crippen molar-refractivity contribution >= 4 is 5.69 Å². The van der Waals surface area contributed by atoms with Crippen molar-refractivity contribution in [2.24, 2.45) is 11.7 Å². The van der Waals surface area contributed by atoms with E-state index >= 15 is 0 Å². The maximum atomic E-state index is 14.4. The molecule has 2 unspecified atom stereocenters. The first kappa shape index (κ1) is 13.9. The Kier molecular flexibility index (Phi) is 3.97. The predicted molar refractivity (Wildman–Crippen MR) is 81.3 cm³/mol. The zero-order valence-corrected chi connectivity index (χ0v) is 12.3. The van der Waals surface area contributed by atoms with E-state index in [4.69, 9.17) is 5.73 Å². The molecule has 1 saturated heterocycles. The van der Waals surface area contributed by atoms with Crippen molar-refractivity contribution in [3.05, 3.63) is 29.6 Å². The van der Waals surface area contributed by atoms with Crippen molar-refractivity contribution < 1.29 is 4.39 Å². The Balaban J connectivity index is 1.94. The van der Waals surface area contributed by atoms with Crippen LogP contribution in [0.25, 0.3) is 0 Å². The molecule has 110 valence electrons. The van der Waals surface area contributed by atoms with Crippen LogP contribution in [-0.2, 0) is 0 Å². The summed E-state index contributed by atoms with van der Waals surface area (Å²) in [6.45, 7) is 2.92. The Morgan fingerprint density at radius 1 is 1.20 bits per heavy atom. The number of rotatable bonds is 3. The van der Waals surface area contributed by atoms with Gasteiger partial charge in [-0.2, -0.15) is 0 Å². The highest BCUT2D eigenvalue weighted by atomic mass is 19.1. The third-order valence-corrected chi connectivity index (χ3v) is 5.04. The van der Waals surface area contributed by atoms with Crippen LogP contribution < -0.4 is 10.6 Å². The molecule has 0 bridgehead atoms. The minimum absolute atomic E-state index is 0.107. The number of nitrogens with zero attached hydrogens (tertiary/aromatic N) is 1. The molecule has 1 saturated carbocycles. The van der Waals surface area contributed by atoms with Crippen LogP contribution in [0.5, 0.6) is 0 Å². The van der Waals surface area contributed by atoms with Crippen molar-refractivity contribution in [1.82, 2.24) is 0 Å². The van der Waals surface area contributed by atoms with Crippen LogP contribution in [0.15, 0.2) is 18.2 Å². The quantitative estimate of drug-likeness (QED) is 0.904. The normalized spacial score (nSPS) is 25.4. The minimum Gasteiger partial charge on any atom is -0.366 e. The molecule has 0 amide bonds. The highest BCUT2D eigenvalue weighted by molar-refractivity contribution is 5.57. The number of nitrogens with two attached hydrogens (primary N) is 1. The molecule has 0 aromatic heterocycles. The van der Waals surface area contributed by atoms with Crippen LogP contribution >= 0.6 is 0 Å². The SMILES string of the molecule is CC(N)c1cccc(F)c1N1CCCC1C1CCCC1. The standard InChI is InChI=1S/C17H25FN2/c1-12(19)14-8-4-9-15(18)17(14)20-11-5-10-16(20)13-6-2-3-7-13/h4,8-9,12-13,16H,2-3,5-7,10-11,19H2,1H3. The van der Waals surface area contributed by atoms with Gasteiger partial charge in [-0.3, -0.25) is 0 Å². The molecule has 2 atom stereocenters. The van der Waals surface area contributed by atoms with Crippen molar-refractivity contribution in [1.29, 1.82) is 0 Å². The Morgan fingerprint density at radius 3 is 2.65 bits per heavy atom. The van der Waals surface area contributed by atoms with E-state index in [2.05, 4.69) is 4.90 Å². The Bertz CT molecular complexity index is 466. The van der Waals surface area contributed by atoms with Gasteiger partial charge < -0.3 is 10.6 Å². The van der Waals surface area contributed by atoms with Gasteiger partial charge in [0.1, 0.15) is 5.82 Å². The summed E-state index contributed by atoms with van der Waals surface area (Å²) in [5, 5.41) is 0. The van der Waals surface area contributed by atoms with E-state index in [9.17, 15) is 4.39 Å². The maximum absolute atomic E-state index is 14.4. The Hall–Kier alpha value is -1.09. The lowest BCUT2D eigenvalue weighted by atomic mass is 9.94. The van der Waals surface area contributed by atoms with Gasteiger partial charge in [0.25, 0.3) is 0 Å². The summed E-state index contributed by atoms with van der Waals surface area (Å²) in [4.78, 5) is 2.32. The van der Waals surface area contributed by atoms with E-state index in [1.54, 1.807) is 12.1 Å². The number of anilines is 1. The van der Waals surface area contributed by atoms with E-state index < -0.39 is 0 Å². The Labute approximate surface area is 121 Å². The average Bonchev–Trinajstić information content (AvgIpc) is 3.08. The third-order valence-electron chi connectivity index (χ3n) is 5.04. The van der Waals surface area contributed by atoms with Gasteiger partial charge in [0.2, 0.25) is 0 Å². The molecule has 2 N–H and O–H groups in total. The molecular weight excluding hydrogens is 251 g/mol. The molecule has 1 aromatic rings. The summed E-state index contributed by atoms with van der Waals surface area (Å²) in [6, 6.07) is 5.73. The fourth-order valence-electron chi connectivity index (χ4n) is 4.10. The Morgan fingerprint density at radius 2 is 1.95 bits per heavy atom. The van der Waals surface area contributed by atoms with Crippen molar-refractivity contribution in [3.8, 4) is 0 Å². The van der Waals surface area contributed by atoms with Crippen molar-refractivity contribution in [3.63, 3.8) is 0 Å². The molecule has 2 nitrogen and oxygen atoms in total. The monoisotopic (exact) mass is 276 g/mol. The second kappa shape index (κ2) is 5.72. The molecule has 0 radical (unpaired) electrons. The van der Waals surface area contributed by atoms with Gasteiger partial charge in [-0.25, -0.2) is 4.39 Å². The van der Waals surface area contributed by atoms with E-state index in [0.717, 1.165) is 23.7 Å². The number of hydrogen-bond acceptors (Lipinski definition) is 2. The molecule has 1 aliphatic carbocycles. The van der Waals surface area contributed by atoms with Crippen LogP contribution in [0.4, 0.5) is 10.1 Å². The van der Waals surface area contributed by atoms with Gasteiger partial charge in [-0.1, -0.05) is 25.0 Å². The van der Waals surface area contributed by atoms with Crippen LogP contribution in [0.3, 0.4) is 0 Å². The lowest BCUT2D eigenvalue weighted by molar-refractivity contribution is 0.426. The number of para-hydroxylation sites is 1. The van der Waals surface area contributed by atoms with Crippen molar-refractivity contribution in [2.75, 3.05) is 11.4 Å². The molecule has 2 aliphatic rings. The van der Waals surface area contributed by atoms with Crippen molar-refractivity contribution in [2.45, 2.75) is 57.5 Å². The van der Waals surface area contributed by atoms with Crippen LogP contribution in [0, 0.1) is 11.7 Å². The average molecular weight is 276 g/mol. The highest BCUT2D eigenvalue weighted by Gasteiger charge is 2.35. The van der Waals surface area contributed by atoms with Gasteiger partial charge in [-0.15, -0.1) is 0 Å². The first-order valence-electron chi connectivity index (χ1n) is 7.99. The van der Waals surface area contributed by atoms with Gasteiger partial charge in [-0.05, 0) is 50.2 Å². The van der Waals surface area contributed by atoms with Gasteiger partial charge in [0.15, 0.2) is 0 Å². The number of benzene rings is 1. The highest BCUT2D eigenvalue weighted by Crippen LogP contribution is 2.40.